The lowest BCUT2D eigenvalue weighted by Crippen LogP contribution is -2.02. The standard InChI is InChI=1S/C24H18O5S/c1-3-23(25)28-17-12-14-20(15-13-17)30-22-11-6-5-10-21(22)27-18-8-7-9-19(16-18)29-24(26)4-2/h3-16H,1-2H2. The molecule has 0 aromatic heterocycles. The minimum absolute atomic E-state index is 0.368. The number of ether oxygens (including phenoxy) is 3. The summed E-state index contributed by atoms with van der Waals surface area (Å²) in [6, 6.07) is 21.5. The zero-order chi connectivity index (χ0) is 21.3. The molecule has 3 aromatic carbocycles. The van der Waals surface area contributed by atoms with Gasteiger partial charge < -0.3 is 14.2 Å². The molecule has 0 bridgehead atoms. The fourth-order valence-electron chi connectivity index (χ4n) is 2.37. The molecule has 0 aliphatic carbocycles. The van der Waals surface area contributed by atoms with Crippen molar-refractivity contribution < 1.29 is 23.8 Å². The fourth-order valence-corrected chi connectivity index (χ4v) is 3.25. The highest BCUT2D eigenvalue weighted by Crippen LogP contribution is 2.38. The van der Waals surface area contributed by atoms with Crippen molar-refractivity contribution in [2.24, 2.45) is 0 Å². The van der Waals surface area contributed by atoms with E-state index in [1.54, 1.807) is 36.4 Å². The Labute approximate surface area is 178 Å². The summed E-state index contributed by atoms with van der Waals surface area (Å²) < 4.78 is 16.2. The van der Waals surface area contributed by atoms with Crippen LogP contribution < -0.4 is 14.2 Å². The molecule has 0 radical (unpaired) electrons. The largest absolute Gasteiger partial charge is 0.456 e. The van der Waals surface area contributed by atoms with Crippen LogP contribution in [0.5, 0.6) is 23.0 Å². The van der Waals surface area contributed by atoms with Gasteiger partial charge in [0.15, 0.2) is 0 Å². The molecule has 150 valence electrons. The molecule has 0 aliphatic rings. The van der Waals surface area contributed by atoms with Gasteiger partial charge in [0.25, 0.3) is 0 Å². The van der Waals surface area contributed by atoms with Gasteiger partial charge in [-0.25, -0.2) is 9.59 Å². The molecule has 0 amide bonds. The van der Waals surface area contributed by atoms with E-state index in [2.05, 4.69) is 13.2 Å². The molecule has 0 heterocycles. The van der Waals surface area contributed by atoms with Crippen LogP contribution in [0.2, 0.25) is 0 Å². The Hall–Kier alpha value is -3.77. The molecule has 0 spiro atoms. The Balaban J connectivity index is 1.74. The molecule has 6 heteroatoms. The van der Waals surface area contributed by atoms with E-state index in [9.17, 15) is 9.59 Å². The first-order valence-electron chi connectivity index (χ1n) is 8.91. The van der Waals surface area contributed by atoms with Crippen molar-refractivity contribution in [2.75, 3.05) is 0 Å². The highest BCUT2D eigenvalue weighted by atomic mass is 32.2. The zero-order valence-electron chi connectivity index (χ0n) is 15.9. The van der Waals surface area contributed by atoms with Crippen LogP contribution in [0, 0.1) is 0 Å². The summed E-state index contributed by atoms with van der Waals surface area (Å²) in [5.41, 5.74) is 0. The molecule has 3 aromatic rings. The molecule has 0 aliphatic heterocycles. The lowest BCUT2D eigenvalue weighted by molar-refractivity contribution is -0.129. The SMILES string of the molecule is C=CC(=O)Oc1ccc(Sc2ccccc2Oc2cccc(OC(=O)C=C)c2)cc1. The van der Waals surface area contributed by atoms with Crippen LogP contribution in [0.1, 0.15) is 0 Å². The van der Waals surface area contributed by atoms with Gasteiger partial charge in [-0.15, -0.1) is 0 Å². The lowest BCUT2D eigenvalue weighted by Gasteiger charge is -2.12. The number of hydrogen-bond donors (Lipinski definition) is 0. The lowest BCUT2D eigenvalue weighted by atomic mass is 10.3. The summed E-state index contributed by atoms with van der Waals surface area (Å²) in [4.78, 5) is 24.5. The molecule has 30 heavy (non-hydrogen) atoms. The zero-order valence-corrected chi connectivity index (χ0v) is 16.8. The minimum Gasteiger partial charge on any atom is -0.456 e. The molecule has 0 atom stereocenters. The van der Waals surface area contributed by atoms with Gasteiger partial charge >= 0.3 is 11.9 Å². The van der Waals surface area contributed by atoms with Gasteiger partial charge in [0.05, 0.1) is 4.90 Å². The first kappa shape index (κ1) is 21.0. The van der Waals surface area contributed by atoms with Crippen LogP contribution in [0.4, 0.5) is 0 Å². The Morgan fingerprint density at radius 3 is 2.07 bits per heavy atom. The number of carbonyl (C=O) groups excluding carboxylic acids is 2. The Bertz CT molecular complexity index is 1070. The predicted molar refractivity (Wildman–Crippen MR) is 115 cm³/mol. The summed E-state index contributed by atoms with van der Waals surface area (Å²) in [6.45, 7) is 6.76. The van der Waals surface area contributed by atoms with E-state index in [1.165, 1.54) is 11.8 Å². The highest BCUT2D eigenvalue weighted by Gasteiger charge is 2.09. The maximum atomic E-state index is 11.4. The van der Waals surface area contributed by atoms with E-state index in [1.807, 2.05) is 36.4 Å². The quantitative estimate of drug-likeness (QED) is 0.261. The van der Waals surface area contributed by atoms with Gasteiger partial charge in [0.2, 0.25) is 0 Å². The van der Waals surface area contributed by atoms with Gasteiger partial charge in [0, 0.05) is 23.1 Å². The van der Waals surface area contributed by atoms with Gasteiger partial charge in [-0.05, 0) is 48.5 Å². The normalized spacial score (nSPS) is 10.0. The molecule has 5 nitrogen and oxygen atoms in total. The third-order valence-corrected chi connectivity index (χ3v) is 4.77. The van der Waals surface area contributed by atoms with E-state index < -0.39 is 11.9 Å². The topological polar surface area (TPSA) is 61.8 Å². The fraction of sp³-hybridized carbons (Fsp3) is 0. The number of benzene rings is 3. The van der Waals surface area contributed by atoms with E-state index >= 15 is 0 Å². The van der Waals surface area contributed by atoms with Crippen molar-refractivity contribution in [3.63, 3.8) is 0 Å². The molecule has 0 unspecified atom stereocenters. The Kier molecular flexibility index (Phi) is 7.08. The first-order valence-corrected chi connectivity index (χ1v) is 9.72. The first-order chi connectivity index (χ1) is 14.6. The molecule has 0 saturated carbocycles. The summed E-state index contributed by atoms with van der Waals surface area (Å²) >= 11 is 1.50. The van der Waals surface area contributed by atoms with Crippen molar-refractivity contribution in [1.82, 2.24) is 0 Å². The average molecular weight is 418 g/mol. The molecular formula is C24H18O5S. The van der Waals surface area contributed by atoms with Gasteiger partial charge in [-0.1, -0.05) is 43.1 Å². The van der Waals surface area contributed by atoms with E-state index in [0.717, 1.165) is 21.9 Å². The maximum Gasteiger partial charge on any atom is 0.335 e. The number of carbonyl (C=O) groups is 2. The van der Waals surface area contributed by atoms with Crippen molar-refractivity contribution in [3.8, 4) is 23.0 Å². The number of rotatable bonds is 8. The van der Waals surface area contributed by atoms with Gasteiger partial charge in [0.1, 0.15) is 23.0 Å². The Morgan fingerprint density at radius 1 is 0.733 bits per heavy atom. The van der Waals surface area contributed by atoms with Gasteiger partial charge in [-0.3, -0.25) is 0 Å². The number of esters is 2. The van der Waals surface area contributed by atoms with E-state index in [-0.39, 0.29) is 0 Å². The van der Waals surface area contributed by atoms with Crippen molar-refractivity contribution >= 4 is 23.7 Å². The third kappa shape index (κ3) is 5.86. The second kappa shape index (κ2) is 10.1. The van der Waals surface area contributed by atoms with Crippen LogP contribution in [0.3, 0.4) is 0 Å². The van der Waals surface area contributed by atoms with Crippen LogP contribution in [-0.2, 0) is 9.59 Å². The monoisotopic (exact) mass is 418 g/mol. The minimum atomic E-state index is -0.537. The molecule has 0 N–H and O–H groups in total. The van der Waals surface area contributed by atoms with Crippen LogP contribution in [-0.4, -0.2) is 11.9 Å². The second-order valence-corrected chi connectivity index (χ2v) is 6.96. The predicted octanol–water partition coefficient (Wildman–Crippen LogP) is 5.81. The highest BCUT2D eigenvalue weighted by molar-refractivity contribution is 7.99. The molecule has 0 saturated heterocycles. The second-order valence-electron chi connectivity index (χ2n) is 5.85. The average Bonchev–Trinajstić information content (AvgIpc) is 2.76. The van der Waals surface area contributed by atoms with Crippen LogP contribution in [0.15, 0.2) is 108 Å². The third-order valence-electron chi connectivity index (χ3n) is 3.70. The summed E-state index contributed by atoms with van der Waals surface area (Å²) in [5.74, 6) is 0.952. The van der Waals surface area contributed by atoms with Crippen LogP contribution in [0.25, 0.3) is 0 Å². The summed E-state index contributed by atoms with van der Waals surface area (Å²) in [5, 5.41) is 0. The molecule has 3 rings (SSSR count). The van der Waals surface area contributed by atoms with E-state index in [0.29, 0.717) is 23.0 Å². The van der Waals surface area contributed by atoms with Crippen molar-refractivity contribution in [1.29, 1.82) is 0 Å². The molecular weight excluding hydrogens is 400 g/mol. The van der Waals surface area contributed by atoms with Crippen LogP contribution >= 0.6 is 11.8 Å². The van der Waals surface area contributed by atoms with Crippen molar-refractivity contribution in [3.05, 3.63) is 98.1 Å². The molecule has 0 fully saturated rings. The van der Waals surface area contributed by atoms with Crippen molar-refractivity contribution in [2.45, 2.75) is 9.79 Å². The summed E-state index contributed by atoms with van der Waals surface area (Å²) in [7, 11) is 0. The maximum absolute atomic E-state index is 11.4. The van der Waals surface area contributed by atoms with E-state index in [4.69, 9.17) is 14.2 Å². The summed E-state index contributed by atoms with van der Waals surface area (Å²) in [6.07, 6.45) is 2.21. The number of para-hydroxylation sites is 1. The van der Waals surface area contributed by atoms with Gasteiger partial charge in [-0.2, -0.15) is 0 Å². The Morgan fingerprint density at radius 2 is 1.37 bits per heavy atom. The number of hydrogen-bond acceptors (Lipinski definition) is 6. The smallest absolute Gasteiger partial charge is 0.335 e.